The fourth-order valence-corrected chi connectivity index (χ4v) is 6.64. The fraction of sp³-hybridized carbons (Fsp3) is 0.414. The lowest BCUT2D eigenvalue weighted by molar-refractivity contribution is 0.151. The maximum Gasteiger partial charge on any atom is 0.256 e. The molecule has 12 nitrogen and oxygen atoms in total. The molecule has 4 aromatic rings. The van der Waals surface area contributed by atoms with Crippen LogP contribution >= 0.6 is 0 Å². The Bertz CT molecular complexity index is 1740. The number of hydrogen-bond donors (Lipinski definition) is 2. The highest BCUT2D eigenvalue weighted by atomic mass is 32.2. The quantitative estimate of drug-likeness (QED) is 0.295. The van der Waals surface area contributed by atoms with Crippen LogP contribution in [0.15, 0.2) is 49.3 Å². The standard InChI is InChI=1S/C29H33N9O3S/c1-20(39)13-21-8-11-37(12-9-21)26-14-28(31-16-23(26)4-3-22-15-32-36(2)18-22)34-27-7-10-30-29(35-27)24-17-33-38(19-24)42(40,41)25-5-6-25/h7,10,14-21,25,39H,5-6,8-9,11-13H2,1-2H3,(H,30,31,34,35). The summed E-state index contributed by atoms with van der Waals surface area (Å²) in [7, 11) is -1.61. The van der Waals surface area contributed by atoms with Crippen LogP contribution in [0, 0.1) is 17.8 Å². The van der Waals surface area contributed by atoms with Gasteiger partial charge in [-0.2, -0.15) is 14.3 Å². The molecule has 0 amide bonds. The maximum atomic E-state index is 12.5. The number of anilines is 3. The van der Waals surface area contributed by atoms with E-state index >= 15 is 0 Å². The molecule has 0 spiro atoms. The number of aryl methyl sites for hydroxylation is 1. The van der Waals surface area contributed by atoms with Crippen molar-refractivity contribution in [3.8, 4) is 23.2 Å². The van der Waals surface area contributed by atoms with Crippen molar-refractivity contribution in [1.82, 2.24) is 33.9 Å². The molecular weight excluding hydrogens is 554 g/mol. The van der Waals surface area contributed by atoms with Crippen molar-refractivity contribution in [2.24, 2.45) is 13.0 Å². The zero-order valence-electron chi connectivity index (χ0n) is 23.6. The highest BCUT2D eigenvalue weighted by Gasteiger charge is 2.37. The zero-order valence-corrected chi connectivity index (χ0v) is 24.4. The zero-order chi connectivity index (χ0) is 29.3. The summed E-state index contributed by atoms with van der Waals surface area (Å²) in [5, 5.41) is 21.0. The Hall–Kier alpha value is -4.28. The monoisotopic (exact) mass is 587 g/mol. The second kappa shape index (κ2) is 11.5. The second-order valence-corrected chi connectivity index (χ2v) is 13.1. The highest BCUT2D eigenvalue weighted by Crippen LogP contribution is 2.32. The van der Waals surface area contributed by atoms with Gasteiger partial charge in [0.15, 0.2) is 5.82 Å². The van der Waals surface area contributed by atoms with Gasteiger partial charge in [0.25, 0.3) is 10.0 Å². The van der Waals surface area contributed by atoms with Gasteiger partial charge in [-0.1, -0.05) is 11.8 Å². The summed E-state index contributed by atoms with van der Waals surface area (Å²) >= 11 is 0. The molecule has 13 heteroatoms. The summed E-state index contributed by atoms with van der Waals surface area (Å²) in [6, 6.07) is 3.71. The van der Waals surface area contributed by atoms with Crippen molar-refractivity contribution in [1.29, 1.82) is 0 Å². The number of piperidine rings is 1. The number of hydrogen-bond acceptors (Lipinski definition) is 10. The molecule has 42 heavy (non-hydrogen) atoms. The number of aliphatic hydroxyl groups excluding tert-OH is 1. The topological polar surface area (TPSA) is 144 Å². The van der Waals surface area contributed by atoms with Gasteiger partial charge < -0.3 is 15.3 Å². The van der Waals surface area contributed by atoms with E-state index in [1.807, 2.05) is 26.2 Å². The maximum absolute atomic E-state index is 12.5. The molecule has 4 aromatic heterocycles. The number of pyridine rings is 1. The van der Waals surface area contributed by atoms with E-state index in [9.17, 15) is 13.5 Å². The van der Waals surface area contributed by atoms with Gasteiger partial charge >= 0.3 is 0 Å². The number of nitrogens with one attached hydrogen (secondary N) is 1. The van der Waals surface area contributed by atoms with Crippen LogP contribution < -0.4 is 10.2 Å². The van der Waals surface area contributed by atoms with Crippen LogP contribution in [0.4, 0.5) is 17.3 Å². The van der Waals surface area contributed by atoms with Gasteiger partial charge in [0.1, 0.15) is 11.6 Å². The third-order valence-corrected chi connectivity index (χ3v) is 9.53. The molecule has 6 rings (SSSR count). The van der Waals surface area contributed by atoms with Crippen LogP contribution in [0.2, 0.25) is 0 Å². The summed E-state index contributed by atoms with van der Waals surface area (Å²) in [6.07, 6.45) is 13.7. The molecule has 218 valence electrons. The average Bonchev–Trinajstić information content (AvgIpc) is 3.57. The Morgan fingerprint density at radius 2 is 1.86 bits per heavy atom. The summed E-state index contributed by atoms with van der Waals surface area (Å²) in [6.45, 7) is 3.56. The molecule has 2 N–H and O–H groups in total. The van der Waals surface area contributed by atoms with Crippen LogP contribution in [0.5, 0.6) is 0 Å². The second-order valence-electron chi connectivity index (χ2n) is 11.0. The van der Waals surface area contributed by atoms with E-state index in [0.717, 1.165) is 53.3 Å². The van der Waals surface area contributed by atoms with Gasteiger partial charge in [-0.3, -0.25) is 4.68 Å². The molecule has 2 aliphatic rings. The largest absolute Gasteiger partial charge is 0.393 e. The number of nitrogens with zero attached hydrogens (tertiary/aromatic N) is 8. The van der Waals surface area contributed by atoms with E-state index in [4.69, 9.17) is 0 Å². The first-order valence-corrected chi connectivity index (χ1v) is 15.6. The molecule has 0 aromatic carbocycles. The third kappa shape index (κ3) is 6.29. The minimum Gasteiger partial charge on any atom is -0.393 e. The van der Waals surface area contributed by atoms with Gasteiger partial charge in [-0.15, -0.1) is 0 Å². The van der Waals surface area contributed by atoms with E-state index in [1.165, 1.54) is 12.4 Å². The van der Waals surface area contributed by atoms with Gasteiger partial charge in [0, 0.05) is 44.8 Å². The lowest BCUT2D eigenvalue weighted by atomic mass is 9.91. The fourth-order valence-electron chi connectivity index (χ4n) is 5.16. The molecular formula is C29H33N9O3S. The van der Waals surface area contributed by atoms with Crippen molar-refractivity contribution in [2.45, 2.75) is 50.4 Å². The Kier molecular flexibility index (Phi) is 7.66. The SMILES string of the molecule is CC(O)CC1CCN(c2cc(Nc3ccnc(-c4cnn(S(=O)(=O)C5CC5)c4)n3)ncc2C#Cc2cnn(C)c2)CC1. The lowest BCUT2D eigenvalue weighted by Gasteiger charge is -2.34. The summed E-state index contributed by atoms with van der Waals surface area (Å²) in [4.78, 5) is 15.8. The van der Waals surface area contributed by atoms with Crippen molar-refractivity contribution >= 4 is 27.3 Å². The highest BCUT2D eigenvalue weighted by molar-refractivity contribution is 7.90. The molecule has 1 saturated heterocycles. The Balaban J connectivity index is 1.25. The van der Waals surface area contributed by atoms with E-state index < -0.39 is 10.0 Å². The van der Waals surface area contributed by atoms with E-state index in [2.05, 4.69) is 47.2 Å². The van der Waals surface area contributed by atoms with Crippen molar-refractivity contribution in [3.05, 3.63) is 60.4 Å². The molecule has 1 aliphatic heterocycles. The molecule has 2 fully saturated rings. The van der Waals surface area contributed by atoms with Gasteiger partial charge in [-0.25, -0.2) is 23.4 Å². The molecule has 0 bridgehead atoms. The minimum absolute atomic E-state index is 0.297. The molecule has 1 saturated carbocycles. The summed E-state index contributed by atoms with van der Waals surface area (Å²) in [5.41, 5.74) is 3.12. The van der Waals surface area contributed by atoms with Crippen LogP contribution in [-0.4, -0.2) is 71.9 Å². The number of rotatable bonds is 8. The minimum atomic E-state index is -3.47. The average molecular weight is 588 g/mol. The first-order chi connectivity index (χ1) is 20.2. The molecule has 0 radical (unpaired) electrons. The van der Waals surface area contributed by atoms with Gasteiger partial charge in [0.2, 0.25) is 0 Å². The summed E-state index contributed by atoms with van der Waals surface area (Å²) < 4.78 is 27.8. The molecule has 1 unspecified atom stereocenters. The smallest absolute Gasteiger partial charge is 0.256 e. The summed E-state index contributed by atoms with van der Waals surface area (Å²) in [5.74, 6) is 8.43. The first-order valence-electron chi connectivity index (χ1n) is 14.1. The van der Waals surface area contributed by atoms with Crippen LogP contribution in [-0.2, 0) is 17.1 Å². The first kappa shape index (κ1) is 27.9. The molecule has 1 atom stereocenters. The van der Waals surface area contributed by atoms with Crippen LogP contribution in [0.1, 0.15) is 50.2 Å². The predicted molar refractivity (Wildman–Crippen MR) is 159 cm³/mol. The van der Waals surface area contributed by atoms with Crippen molar-refractivity contribution < 1.29 is 13.5 Å². The third-order valence-electron chi connectivity index (χ3n) is 7.49. The van der Waals surface area contributed by atoms with Crippen LogP contribution in [0.25, 0.3) is 11.4 Å². The van der Waals surface area contributed by atoms with E-state index in [1.54, 1.807) is 29.3 Å². The lowest BCUT2D eigenvalue weighted by Crippen LogP contribution is -2.35. The van der Waals surface area contributed by atoms with Crippen LogP contribution in [0.3, 0.4) is 0 Å². The normalized spacial score (nSPS) is 16.6. The van der Waals surface area contributed by atoms with Gasteiger partial charge in [-0.05, 0) is 51.0 Å². The van der Waals surface area contributed by atoms with Crippen molar-refractivity contribution in [3.63, 3.8) is 0 Å². The van der Waals surface area contributed by atoms with Gasteiger partial charge in [0.05, 0.1) is 52.3 Å². The Labute approximate surface area is 244 Å². The molecule has 1 aliphatic carbocycles. The number of aromatic nitrogens is 7. The Morgan fingerprint density at radius 3 is 2.57 bits per heavy atom. The molecule has 5 heterocycles. The number of aliphatic hydroxyl groups is 1. The van der Waals surface area contributed by atoms with E-state index in [0.29, 0.717) is 41.8 Å². The van der Waals surface area contributed by atoms with E-state index in [-0.39, 0.29) is 11.4 Å². The Morgan fingerprint density at radius 1 is 1.05 bits per heavy atom. The van der Waals surface area contributed by atoms with Crippen molar-refractivity contribution in [2.75, 3.05) is 23.3 Å². The predicted octanol–water partition coefficient (Wildman–Crippen LogP) is 2.94.